The van der Waals surface area contributed by atoms with Crippen LogP contribution in [0, 0.1) is 13.8 Å². The van der Waals surface area contributed by atoms with Crippen LogP contribution >= 0.6 is 22.7 Å². The second-order valence-corrected chi connectivity index (χ2v) is 8.70. The molecule has 0 aliphatic rings. The molecule has 0 atom stereocenters. The van der Waals surface area contributed by atoms with Gasteiger partial charge in [0.1, 0.15) is 11.5 Å². The molecule has 2 aromatic heterocycles. The quantitative estimate of drug-likeness (QED) is 0.601. The first kappa shape index (κ1) is 20.8. The molecular formula is C21H21N3O3S2. The number of carbonyl (C=O) groups is 3. The Hall–Kier alpha value is -2.97. The number of amides is 3. The first-order valence-electron chi connectivity index (χ1n) is 8.93. The Kier molecular flexibility index (Phi) is 6.46. The van der Waals surface area contributed by atoms with E-state index in [-0.39, 0.29) is 18.4 Å². The van der Waals surface area contributed by atoms with Gasteiger partial charge in [-0.05, 0) is 36.4 Å². The summed E-state index contributed by atoms with van der Waals surface area (Å²) in [6.07, 6.45) is 0. The number of aryl methyl sites for hydroxylation is 1. The van der Waals surface area contributed by atoms with Gasteiger partial charge in [-0.1, -0.05) is 36.4 Å². The number of rotatable bonds is 7. The second-order valence-electron chi connectivity index (χ2n) is 6.52. The maximum atomic E-state index is 12.9. The number of benzene rings is 1. The summed E-state index contributed by atoms with van der Waals surface area (Å²) < 4.78 is 0. The average Bonchev–Trinajstić information content (AvgIpc) is 3.30. The van der Waals surface area contributed by atoms with Crippen molar-refractivity contribution in [1.29, 1.82) is 0 Å². The number of hydrogen-bond donors (Lipinski definition) is 2. The summed E-state index contributed by atoms with van der Waals surface area (Å²) in [4.78, 5) is 40.4. The van der Waals surface area contributed by atoms with Gasteiger partial charge in [-0.25, -0.2) is 0 Å². The number of nitrogens with zero attached hydrogens (tertiary/aromatic N) is 1. The molecule has 2 heterocycles. The lowest BCUT2D eigenvalue weighted by atomic mass is 10.1. The molecule has 0 saturated carbocycles. The summed E-state index contributed by atoms with van der Waals surface area (Å²) in [5.74, 6) is -1.18. The third kappa shape index (κ3) is 4.90. The molecule has 3 amide bonds. The summed E-state index contributed by atoms with van der Waals surface area (Å²) in [7, 11) is 0. The van der Waals surface area contributed by atoms with Gasteiger partial charge in [-0.2, -0.15) is 0 Å². The van der Waals surface area contributed by atoms with Crippen molar-refractivity contribution in [3.8, 4) is 0 Å². The van der Waals surface area contributed by atoms with E-state index in [1.165, 1.54) is 27.6 Å². The second kappa shape index (κ2) is 9.02. The van der Waals surface area contributed by atoms with Crippen molar-refractivity contribution in [2.24, 2.45) is 5.73 Å². The van der Waals surface area contributed by atoms with Gasteiger partial charge < -0.3 is 16.0 Å². The van der Waals surface area contributed by atoms with Crippen LogP contribution in [0.2, 0.25) is 0 Å². The zero-order valence-corrected chi connectivity index (χ0v) is 17.7. The maximum Gasteiger partial charge on any atom is 0.264 e. The smallest absolute Gasteiger partial charge is 0.264 e. The topological polar surface area (TPSA) is 92.5 Å². The molecule has 8 heteroatoms. The van der Waals surface area contributed by atoms with Crippen molar-refractivity contribution in [3.63, 3.8) is 0 Å². The molecule has 0 spiro atoms. The molecule has 3 N–H and O–H groups in total. The van der Waals surface area contributed by atoms with Crippen LogP contribution in [0.3, 0.4) is 0 Å². The van der Waals surface area contributed by atoms with Crippen LogP contribution in [0.25, 0.3) is 0 Å². The Morgan fingerprint density at radius 1 is 1.07 bits per heavy atom. The Bertz CT molecular complexity index is 1030. The molecule has 0 aliphatic carbocycles. The molecule has 0 fully saturated rings. The Morgan fingerprint density at radius 3 is 2.41 bits per heavy atom. The molecule has 3 aromatic rings. The zero-order chi connectivity index (χ0) is 21.0. The Balaban J connectivity index is 1.80. The van der Waals surface area contributed by atoms with E-state index in [0.29, 0.717) is 22.0 Å². The number of thiophene rings is 2. The fourth-order valence-corrected chi connectivity index (χ4v) is 4.68. The number of anilines is 1. The predicted octanol–water partition coefficient (Wildman–Crippen LogP) is 3.81. The molecule has 0 saturated heterocycles. The van der Waals surface area contributed by atoms with Crippen LogP contribution in [0.15, 0.2) is 47.8 Å². The lowest BCUT2D eigenvalue weighted by Gasteiger charge is -2.22. The molecule has 29 heavy (non-hydrogen) atoms. The fraction of sp³-hybridized carbons (Fsp3) is 0.190. The number of carbonyl (C=O) groups excluding carboxylic acids is 3. The summed E-state index contributed by atoms with van der Waals surface area (Å²) >= 11 is 2.63. The number of nitrogens with two attached hydrogens (primary N) is 1. The highest BCUT2D eigenvalue weighted by Crippen LogP contribution is 2.32. The minimum absolute atomic E-state index is 0.139. The molecule has 0 aliphatic heterocycles. The molecule has 1 aromatic carbocycles. The van der Waals surface area contributed by atoms with Gasteiger partial charge in [-0.3, -0.25) is 14.4 Å². The number of nitrogens with one attached hydrogen (secondary N) is 1. The van der Waals surface area contributed by atoms with Crippen LogP contribution in [0.5, 0.6) is 0 Å². The van der Waals surface area contributed by atoms with Crippen molar-refractivity contribution < 1.29 is 14.4 Å². The van der Waals surface area contributed by atoms with Gasteiger partial charge in [0.25, 0.3) is 11.8 Å². The third-order valence-corrected chi connectivity index (χ3v) is 6.44. The highest BCUT2D eigenvalue weighted by molar-refractivity contribution is 7.16. The van der Waals surface area contributed by atoms with E-state index in [9.17, 15) is 14.4 Å². The van der Waals surface area contributed by atoms with Gasteiger partial charge >= 0.3 is 0 Å². The van der Waals surface area contributed by atoms with E-state index in [0.717, 1.165) is 16.0 Å². The van der Waals surface area contributed by atoms with Crippen LogP contribution in [0.1, 0.15) is 36.0 Å². The molecule has 0 unspecified atom stereocenters. The van der Waals surface area contributed by atoms with Crippen molar-refractivity contribution in [2.45, 2.75) is 20.4 Å². The van der Waals surface area contributed by atoms with Crippen molar-refractivity contribution >= 4 is 45.4 Å². The predicted molar refractivity (Wildman–Crippen MR) is 116 cm³/mol. The average molecular weight is 428 g/mol. The molecule has 3 rings (SSSR count). The Morgan fingerprint density at radius 2 is 1.79 bits per heavy atom. The van der Waals surface area contributed by atoms with Gasteiger partial charge in [0.2, 0.25) is 5.91 Å². The van der Waals surface area contributed by atoms with E-state index in [1.54, 1.807) is 19.1 Å². The first-order valence-corrected chi connectivity index (χ1v) is 10.6. The highest BCUT2D eigenvalue weighted by Gasteiger charge is 2.23. The first-order chi connectivity index (χ1) is 13.9. The molecular weight excluding hydrogens is 406 g/mol. The monoisotopic (exact) mass is 427 g/mol. The SMILES string of the molecule is Cc1sc(NC(=O)CN(Cc2ccccc2)C(=O)c2cccs2)c(C(N)=O)c1C. The van der Waals surface area contributed by atoms with Crippen LogP contribution in [0.4, 0.5) is 5.00 Å². The van der Waals surface area contributed by atoms with E-state index in [1.807, 2.05) is 42.6 Å². The van der Waals surface area contributed by atoms with Gasteiger partial charge in [0.05, 0.1) is 10.4 Å². The van der Waals surface area contributed by atoms with Crippen molar-refractivity contribution in [2.75, 3.05) is 11.9 Å². The highest BCUT2D eigenvalue weighted by atomic mass is 32.1. The summed E-state index contributed by atoms with van der Waals surface area (Å²) in [6, 6.07) is 13.0. The number of hydrogen-bond acceptors (Lipinski definition) is 5. The molecule has 150 valence electrons. The van der Waals surface area contributed by atoms with Crippen LogP contribution in [-0.2, 0) is 11.3 Å². The van der Waals surface area contributed by atoms with E-state index in [4.69, 9.17) is 5.73 Å². The molecule has 6 nitrogen and oxygen atoms in total. The lowest BCUT2D eigenvalue weighted by Crippen LogP contribution is -2.37. The standard InChI is InChI=1S/C21H21N3O3S2/c1-13-14(2)29-20(18(13)19(22)26)23-17(25)12-24(11-15-7-4-3-5-8-15)21(27)16-9-6-10-28-16/h3-10H,11-12H2,1-2H3,(H2,22,26)(H,23,25). The summed E-state index contributed by atoms with van der Waals surface area (Å²) in [5.41, 5.74) is 7.47. The number of primary amides is 1. The largest absolute Gasteiger partial charge is 0.365 e. The minimum atomic E-state index is -0.585. The molecule has 0 bridgehead atoms. The third-order valence-electron chi connectivity index (χ3n) is 4.45. The Labute approximate surface area is 177 Å². The minimum Gasteiger partial charge on any atom is -0.365 e. The fourth-order valence-electron chi connectivity index (χ4n) is 2.91. The summed E-state index contributed by atoms with van der Waals surface area (Å²) in [6.45, 7) is 3.82. The van der Waals surface area contributed by atoms with E-state index >= 15 is 0 Å². The zero-order valence-electron chi connectivity index (χ0n) is 16.1. The lowest BCUT2D eigenvalue weighted by molar-refractivity contribution is -0.117. The van der Waals surface area contributed by atoms with Gasteiger partial charge in [0, 0.05) is 11.4 Å². The van der Waals surface area contributed by atoms with E-state index < -0.39 is 5.91 Å². The van der Waals surface area contributed by atoms with Crippen molar-refractivity contribution in [3.05, 3.63) is 74.3 Å². The molecule has 0 radical (unpaired) electrons. The van der Waals surface area contributed by atoms with Crippen LogP contribution < -0.4 is 11.1 Å². The normalized spacial score (nSPS) is 10.6. The van der Waals surface area contributed by atoms with Crippen LogP contribution in [-0.4, -0.2) is 29.2 Å². The van der Waals surface area contributed by atoms with Crippen molar-refractivity contribution in [1.82, 2.24) is 4.90 Å². The maximum absolute atomic E-state index is 12.9. The summed E-state index contributed by atoms with van der Waals surface area (Å²) in [5, 5.41) is 5.00. The van der Waals surface area contributed by atoms with Gasteiger partial charge in [-0.15, -0.1) is 22.7 Å². The van der Waals surface area contributed by atoms with E-state index in [2.05, 4.69) is 5.32 Å². The van der Waals surface area contributed by atoms with Gasteiger partial charge in [0.15, 0.2) is 0 Å².